The van der Waals surface area contributed by atoms with Crippen LogP contribution in [0.25, 0.3) is 0 Å². The van der Waals surface area contributed by atoms with Gasteiger partial charge in [0.2, 0.25) is 17.7 Å². The molecule has 0 aromatic heterocycles. The van der Waals surface area contributed by atoms with Gasteiger partial charge in [0.05, 0.1) is 11.8 Å². The summed E-state index contributed by atoms with van der Waals surface area (Å²) in [5.74, 6) is -1.05. The van der Waals surface area contributed by atoms with Gasteiger partial charge in [-0.25, -0.2) is 0 Å². The van der Waals surface area contributed by atoms with Gasteiger partial charge < -0.3 is 5.32 Å². The van der Waals surface area contributed by atoms with Crippen LogP contribution < -0.4 is 5.32 Å². The first-order valence-corrected chi connectivity index (χ1v) is 12.0. The standard InChI is InChI=1S/C20H21Br3N2O3/c1-7-5-13(8(2)4-12(7)21)24-18(26)9(3)25-19(27)14-10-6-11(15(14)20(25)28)17(23)16(10)22/h4-5,9-11,14-17H,6H2,1-3H3,(H,24,26)/t9-,10+,11+,14-,15+,16-,17+/m1/s1. The molecule has 0 spiro atoms. The molecule has 4 rings (SSSR count). The molecule has 7 atom stereocenters. The lowest BCUT2D eigenvalue weighted by molar-refractivity contribution is -0.146. The van der Waals surface area contributed by atoms with Crippen molar-refractivity contribution < 1.29 is 14.4 Å². The van der Waals surface area contributed by atoms with Gasteiger partial charge in [-0.05, 0) is 62.3 Å². The summed E-state index contributed by atoms with van der Waals surface area (Å²) in [5, 5.41) is 2.89. The number of aryl methyl sites for hydroxylation is 2. The van der Waals surface area contributed by atoms with Crippen LogP contribution in [0.4, 0.5) is 5.69 Å². The molecule has 2 bridgehead atoms. The number of benzene rings is 1. The molecule has 2 aliphatic carbocycles. The third-order valence-corrected chi connectivity index (χ3v) is 10.6. The molecule has 1 N–H and O–H groups in total. The fourth-order valence-electron chi connectivity index (χ4n) is 5.02. The minimum Gasteiger partial charge on any atom is -0.324 e. The van der Waals surface area contributed by atoms with E-state index in [1.807, 2.05) is 26.0 Å². The number of likely N-dealkylation sites (tertiary alicyclic amines) is 1. The number of anilines is 1. The van der Waals surface area contributed by atoms with E-state index in [2.05, 4.69) is 53.1 Å². The lowest BCUT2D eigenvalue weighted by Gasteiger charge is -2.28. The van der Waals surface area contributed by atoms with Crippen LogP contribution >= 0.6 is 47.8 Å². The molecule has 3 fully saturated rings. The van der Waals surface area contributed by atoms with E-state index in [-0.39, 0.29) is 51.0 Å². The summed E-state index contributed by atoms with van der Waals surface area (Å²) in [6.07, 6.45) is 0.879. The van der Waals surface area contributed by atoms with Gasteiger partial charge in [0.15, 0.2) is 0 Å². The Bertz CT molecular complexity index is 858. The SMILES string of the molecule is Cc1cc(NC(=O)[C@@H](C)N2C(=O)[C@@H]3[C@@H]4C[C@H]([C@H](Br)[C@@H]4Br)[C@@H]3C2=O)c(C)cc1Br. The molecule has 1 saturated heterocycles. The van der Waals surface area contributed by atoms with Crippen molar-refractivity contribution in [1.29, 1.82) is 0 Å². The average molecular weight is 577 g/mol. The molecule has 5 nitrogen and oxygen atoms in total. The molecular formula is C20H21Br3N2O3. The first-order valence-electron chi connectivity index (χ1n) is 9.36. The molecule has 3 aliphatic rings. The highest BCUT2D eigenvalue weighted by Gasteiger charge is 2.67. The number of carbonyl (C=O) groups is 3. The maximum Gasteiger partial charge on any atom is 0.247 e. The van der Waals surface area contributed by atoms with E-state index in [1.165, 1.54) is 4.90 Å². The molecule has 1 aromatic rings. The van der Waals surface area contributed by atoms with Crippen molar-refractivity contribution >= 4 is 71.2 Å². The molecule has 3 amide bonds. The minimum absolute atomic E-state index is 0.146. The normalized spacial score (nSPS) is 34.7. The van der Waals surface area contributed by atoms with Gasteiger partial charge in [-0.1, -0.05) is 47.8 Å². The Morgan fingerprint density at radius 2 is 1.61 bits per heavy atom. The van der Waals surface area contributed by atoms with Crippen LogP contribution in [0.1, 0.15) is 24.5 Å². The van der Waals surface area contributed by atoms with Crippen molar-refractivity contribution in [2.75, 3.05) is 5.32 Å². The molecule has 28 heavy (non-hydrogen) atoms. The molecule has 2 saturated carbocycles. The first kappa shape index (κ1) is 20.5. The minimum atomic E-state index is -0.837. The number of hydrogen-bond donors (Lipinski definition) is 1. The van der Waals surface area contributed by atoms with Crippen LogP contribution in [-0.4, -0.2) is 38.3 Å². The van der Waals surface area contributed by atoms with E-state index < -0.39 is 6.04 Å². The van der Waals surface area contributed by atoms with E-state index in [0.717, 1.165) is 22.0 Å². The second-order valence-electron chi connectivity index (χ2n) is 8.13. The Kier molecular flexibility index (Phi) is 5.28. The number of carbonyl (C=O) groups excluding carboxylic acids is 3. The van der Waals surface area contributed by atoms with Crippen molar-refractivity contribution in [2.24, 2.45) is 23.7 Å². The summed E-state index contributed by atoms with van der Waals surface area (Å²) in [7, 11) is 0. The molecule has 1 aliphatic heterocycles. The Hall–Kier alpha value is -0.730. The van der Waals surface area contributed by atoms with Gasteiger partial charge in [0.1, 0.15) is 6.04 Å². The van der Waals surface area contributed by atoms with E-state index >= 15 is 0 Å². The van der Waals surface area contributed by atoms with Crippen LogP contribution in [0.15, 0.2) is 16.6 Å². The summed E-state index contributed by atoms with van der Waals surface area (Å²) < 4.78 is 0.970. The third-order valence-electron chi connectivity index (χ3n) is 6.55. The van der Waals surface area contributed by atoms with Crippen LogP contribution in [0.5, 0.6) is 0 Å². The number of alkyl halides is 2. The summed E-state index contributed by atoms with van der Waals surface area (Å²) in [6, 6.07) is 2.99. The Labute approximate surface area is 189 Å². The van der Waals surface area contributed by atoms with Gasteiger partial charge in [0.25, 0.3) is 0 Å². The highest BCUT2D eigenvalue weighted by molar-refractivity contribution is 9.12. The zero-order valence-electron chi connectivity index (χ0n) is 15.7. The number of halogens is 3. The van der Waals surface area contributed by atoms with Crippen LogP contribution in [0.2, 0.25) is 0 Å². The predicted molar refractivity (Wildman–Crippen MR) is 118 cm³/mol. The summed E-state index contributed by atoms with van der Waals surface area (Å²) in [4.78, 5) is 40.6. The Balaban J connectivity index is 1.55. The quantitative estimate of drug-likeness (QED) is 0.434. The van der Waals surface area contributed by atoms with Crippen molar-refractivity contribution in [2.45, 2.75) is 42.9 Å². The molecule has 1 aromatic carbocycles. The Morgan fingerprint density at radius 1 is 1.07 bits per heavy atom. The van der Waals surface area contributed by atoms with E-state index in [4.69, 9.17) is 0 Å². The lowest BCUT2D eigenvalue weighted by atomic mass is 9.81. The van der Waals surface area contributed by atoms with Crippen LogP contribution in [0, 0.1) is 37.5 Å². The van der Waals surface area contributed by atoms with E-state index in [9.17, 15) is 14.4 Å². The second-order valence-corrected chi connectivity index (χ2v) is 11.1. The second kappa shape index (κ2) is 7.20. The molecule has 8 heteroatoms. The highest BCUT2D eigenvalue weighted by atomic mass is 79.9. The molecule has 0 radical (unpaired) electrons. The number of hydrogen-bond acceptors (Lipinski definition) is 3. The predicted octanol–water partition coefficient (Wildman–Crippen LogP) is 4.17. The van der Waals surface area contributed by atoms with Crippen LogP contribution in [0.3, 0.4) is 0 Å². The number of imide groups is 1. The van der Waals surface area contributed by atoms with Crippen molar-refractivity contribution in [3.63, 3.8) is 0 Å². The fraction of sp³-hybridized carbons (Fsp3) is 0.550. The fourth-order valence-corrected chi connectivity index (χ4v) is 7.35. The number of nitrogens with zero attached hydrogens (tertiary/aromatic N) is 1. The number of nitrogens with one attached hydrogen (secondary N) is 1. The van der Waals surface area contributed by atoms with Gasteiger partial charge in [-0.3, -0.25) is 19.3 Å². The van der Waals surface area contributed by atoms with Gasteiger partial charge in [-0.2, -0.15) is 0 Å². The summed E-state index contributed by atoms with van der Waals surface area (Å²) >= 11 is 10.8. The topological polar surface area (TPSA) is 66.5 Å². The maximum absolute atomic E-state index is 13.1. The number of fused-ring (bicyclic) bond motifs is 5. The molecular weight excluding hydrogens is 556 g/mol. The zero-order valence-corrected chi connectivity index (χ0v) is 20.5. The lowest BCUT2D eigenvalue weighted by Crippen LogP contribution is -2.46. The van der Waals surface area contributed by atoms with E-state index in [0.29, 0.717) is 5.69 Å². The number of amides is 3. The summed E-state index contributed by atoms with van der Waals surface area (Å²) in [5.41, 5.74) is 2.61. The van der Waals surface area contributed by atoms with Gasteiger partial charge >= 0.3 is 0 Å². The third kappa shape index (κ3) is 2.93. The monoisotopic (exact) mass is 574 g/mol. The largest absolute Gasteiger partial charge is 0.324 e. The highest BCUT2D eigenvalue weighted by Crippen LogP contribution is 2.60. The zero-order chi connectivity index (χ0) is 20.5. The first-order chi connectivity index (χ1) is 13.1. The van der Waals surface area contributed by atoms with Crippen molar-refractivity contribution in [3.8, 4) is 0 Å². The summed E-state index contributed by atoms with van der Waals surface area (Å²) in [6.45, 7) is 5.48. The average Bonchev–Trinajstić information content (AvgIpc) is 3.24. The maximum atomic E-state index is 13.1. The molecule has 1 heterocycles. The van der Waals surface area contributed by atoms with Gasteiger partial charge in [0, 0.05) is 19.8 Å². The smallest absolute Gasteiger partial charge is 0.247 e. The van der Waals surface area contributed by atoms with Crippen molar-refractivity contribution in [3.05, 3.63) is 27.7 Å². The number of rotatable bonds is 3. The Morgan fingerprint density at radius 3 is 2.14 bits per heavy atom. The van der Waals surface area contributed by atoms with Gasteiger partial charge in [-0.15, -0.1) is 0 Å². The molecule has 150 valence electrons. The van der Waals surface area contributed by atoms with Crippen LogP contribution in [-0.2, 0) is 14.4 Å². The molecule has 0 unspecified atom stereocenters. The van der Waals surface area contributed by atoms with Crippen molar-refractivity contribution in [1.82, 2.24) is 4.90 Å². The van der Waals surface area contributed by atoms with E-state index in [1.54, 1.807) is 6.92 Å².